The first kappa shape index (κ1) is 59.3. The normalized spacial score (nSPS) is 13.9. The van der Waals surface area contributed by atoms with Gasteiger partial charge in [0.05, 0.1) is 62.8 Å². The predicted octanol–water partition coefficient (Wildman–Crippen LogP) is 10.8. The Labute approximate surface area is 463 Å². The Morgan fingerprint density at radius 3 is 1.27 bits per heavy atom. The molecule has 81 heavy (non-hydrogen) atoms. The number of methoxy groups -OCH3 is 4. The summed E-state index contributed by atoms with van der Waals surface area (Å²) in [6, 6.07) is 27.8. The third-order valence-corrected chi connectivity index (χ3v) is 12.9. The Hall–Kier alpha value is -9.32. The van der Waals surface area contributed by atoms with Crippen LogP contribution >= 0.6 is 0 Å². The van der Waals surface area contributed by atoms with Crippen molar-refractivity contribution in [2.45, 2.75) is 70.3 Å². The molecule has 0 fully saturated rings. The summed E-state index contributed by atoms with van der Waals surface area (Å²) in [7, 11) is -0.397. The Kier molecular flexibility index (Phi) is 17.0. The van der Waals surface area contributed by atoms with Crippen LogP contribution in [0.4, 0.5) is 34.1 Å². The zero-order chi connectivity index (χ0) is 59.5. The first-order valence-electron chi connectivity index (χ1n) is 24.4. The number of halogens is 3. The number of amides is 6. The zero-order valence-electron chi connectivity index (χ0n) is 45.2. The summed E-state index contributed by atoms with van der Waals surface area (Å²) in [6.07, 6.45) is -1.41. The van der Waals surface area contributed by atoms with Crippen molar-refractivity contribution < 1.29 is 88.1 Å². The van der Waals surface area contributed by atoms with Crippen LogP contribution in [0.5, 0.6) is 34.5 Å². The Morgan fingerprint density at radius 2 is 0.877 bits per heavy atom. The Bertz CT molecular complexity index is 3580. The minimum atomic E-state index is -6.17. The molecule has 0 spiro atoms. The molecule has 0 radical (unpaired) electrons. The summed E-state index contributed by atoms with van der Waals surface area (Å²) in [5.41, 5.74) is -5.94. The van der Waals surface area contributed by atoms with Gasteiger partial charge in [0, 0.05) is 11.4 Å². The van der Waals surface area contributed by atoms with Crippen LogP contribution in [0.15, 0.2) is 121 Å². The molecule has 0 saturated carbocycles. The van der Waals surface area contributed by atoms with Gasteiger partial charge in [0.25, 0.3) is 23.6 Å². The number of phenolic OH excluding ortho intramolecular Hbond substituents is 1. The molecule has 24 heteroatoms. The zero-order valence-corrected chi connectivity index (χ0v) is 46.0. The topological polar surface area (TPSA) is 252 Å². The van der Waals surface area contributed by atoms with E-state index in [9.17, 15) is 55.5 Å². The van der Waals surface area contributed by atoms with Gasteiger partial charge >= 0.3 is 27.8 Å². The number of nitrogens with zero attached hydrogens (tertiary/aromatic N) is 2. The Balaban J connectivity index is 0.000000237. The Morgan fingerprint density at radius 1 is 0.494 bits per heavy atom. The average Bonchev–Trinajstić information content (AvgIpc) is 2.66. The first-order valence-corrected chi connectivity index (χ1v) is 25.8. The van der Waals surface area contributed by atoms with E-state index in [1.54, 1.807) is 96.1 Å². The van der Waals surface area contributed by atoms with Crippen molar-refractivity contribution in [1.82, 2.24) is 9.80 Å². The summed E-state index contributed by atoms with van der Waals surface area (Å²) >= 11 is 0. The number of imide groups is 2. The third kappa shape index (κ3) is 12.9. The van der Waals surface area contributed by atoms with Crippen LogP contribution in [0.25, 0.3) is 0 Å². The van der Waals surface area contributed by atoms with Gasteiger partial charge in [-0.3, -0.25) is 39.6 Å². The van der Waals surface area contributed by atoms with E-state index in [2.05, 4.69) is 14.8 Å². The molecule has 3 N–H and O–H groups in total. The minimum absolute atomic E-state index is 0.0546. The molecule has 2 atom stereocenters. The molecule has 0 bridgehead atoms. The number of anilines is 2. The second kappa shape index (κ2) is 23.2. The maximum absolute atomic E-state index is 13.9. The van der Waals surface area contributed by atoms with Gasteiger partial charge in [0.15, 0.2) is 28.7 Å². The number of fused-ring (bicyclic) bond motifs is 2. The minimum Gasteiger partial charge on any atom is -0.507 e. The fourth-order valence-electron chi connectivity index (χ4n) is 8.70. The van der Waals surface area contributed by atoms with Gasteiger partial charge < -0.3 is 37.7 Å². The molecular weight excluding hydrogens is 1090 g/mol. The van der Waals surface area contributed by atoms with Gasteiger partial charge in [-0.25, -0.2) is 9.59 Å². The van der Waals surface area contributed by atoms with Crippen molar-refractivity contribution in [1.29, 1.82) is 0 Å². The van der Waals surface area contributed by atoms with Crippen LogP contribution in [0.3, 0.4) is 0 Å². The number of carbonyl (C=O) groups is 6. The lowest BCUT2D eigenvalue weighted by Gasteiger charge is -2.28. The molecule has 8 rings (SSSR count). The molecule has 2 unspecified atom stereocenters. The molecule has 6 amide bonds. The maximum Gasteiger partial charge on any atom is 0.534 e. The number of nitrogens with one attached hydrogen (secondary N) is 2. The fourth-order valence-corrected chi connectivity index (χ4v) is 9.17. The number of alkyl halides is 3. The van der Waals surface area contributed by atoms with E-state index in [1.165, 1.54) is 77.0 Å². The van der Waals surface area contributed by atoms with Crippen LogP contribution in [-0.2, 0) is 19.6 Å². The smallest absolute Gasteiger partial charge is 0.507 e. The van der Waals surface area contributed by atoms with Crippen LogP contribution in [0.2, 0.25) is 0 Å². The highest BCUT2D eigenvalue weighted by atomic mass is 32.2. The molecule has 20 nitrogen and oxygen atoms in total. The number of carbonyl (C=O) groups excluding carboxylic acids is 6. The highest BCUT2D eigenvalue weighted by molar-refractivity contribution is 7.88. The van der Waals surface area contributed by atoms with Gasteiger partial charge in [-0.1, -0.05) is 48.5 Å². The first-order chi connectivity index (χ1) is 38.0. The molecule has 6 aromatic carbocycles. The average molecular weight is 1140 g/mol. The number of hydrogen-bond donors (Lipinski definition) is 3. The van der Waals surface area contributed by atoms with Gasteiger partial charge in [0.2, 0.25) is 0 Å². The highest BCUT2D eigenvalue weighted by Crippen LogP contribution is 2.44. The predicted molar refractivity (Wildman–Crippen MR) is 287 cm³/mol. The number of hydrogen-bond acceptors (Lipinski definition) is 16. The fraction of sp³-hybridized carbons (Fsp3) is 0.263. The number of phenols is 1. The van der Waals surface area contributed by atoms with Crippen molar-refractivity contribution >= 4 is 57.3 Å². The number of ether oxygens (including phenoxy) is 6. The summed E-state index contributed by atoms with van der Waals surface area (Å²) in [5, 5.41) is 15.6. The third-order valence-electron chi connectivity index (χ3n) is 12.0. The molecule has 0 aromatic heterocycles. The van der Waals surface area contributed by atoms with E-state index >= 15 is 0 Å². The number of benzene rings is 6. The van der Waals surface area contributed by atoms with Crippen LogP contribution < -0.4 is 33.8 Å². The van der Waals surface area contributed by atoms with Crippen LogP contribution in [0.1, 0.15) is 117 Å². The van der Waals surface area contributed by atoms with Gasteiger partial charge in [-0.15, -0.1) is 0 Å². The molecule has 426 valence electrons. The lowest BCUT2D eigenvalue weighted by Crippen LogP contribution is -2.35. The summed E-state index contributed by atoms with van der Waals surface area (Å²) in [6.45, 7) is 10.3. The molecule has 6 aromatic rings. The molecule has 2 heterocycles. The van der Waals surface area contributed by atoms with E-state index in [0.717, 1.165) is 28.0 Å². The van der Waals surface area contributed by atoms with Gasteiger partial charge in [-0.05, 0) is 137 Å². The molecule has 2 aliphatic heterocycles. The van der Waals surface area contributed by atoms with E-state index < -0.39 is 86.0 Å². The van der Waals surface area contributed by atoms with E-state index in [1.807, 2.05) is 0 Å². The van der Waals surface area contributed by atoms with Crippen molar-refractivity contribution in [3.05, 3.63) is 166 Å². The lowest BCUT2D eigenvalue weighted by molar-refractivity contribution is -0.0500. The van der Waals surface area contributed by atoms with E-state index in [0.29, 0.717) is 39.6 Å². The lowest BCUT2D eigenvalue weighted by atomic mass is 9.96. The van der Waals surface area contributed by atoms with E-state index in [4.69, 9.17) is 28.4 Å². The summed E-state index contributed by atoms with van der Waals surface area (Å²) < 4.78 is 99.3. The van der Waals surface area contributed by atoms with Crippen molar-refractivity contribution in [3.8, 4) is 34.5 Å². The molecule has 0 aliphatic carbocycles. The molecule has 0 saturated heterocycles. The summed E-state index contributed by atoms with van der Waals surface area (Å²) in [5.74, 6) is -3.05. The number of aromatic hydroxyl groups is 1. The van der Waals surface area contributed by atoms with Gasteiger partial charge in [-0.2, -0.15) is 21.6 Å². The monoisotopic (exact) mass is 1140 g/mol. The standard InChI is InChI=1S/C29H27F3N2O9S.C28H28N2O7/c1-28(2,3)42-27(37)33-18-9-6-8-16(14-18)24(17-12-13-20(40-4)22(15-17)41-5)34-25(35)19-10-7-11-21(23(19)26(34)36)43-44(38,39)29(30,31)32;1-28(2,3)37-27(34)29-18-9-6-8-16(14-18)24(17-12-13-21(35-4)22(15-17)36-5)30-25(32)19-10-7-11-20(31)23(19)26(30)33/h6-15,24H,1-5H3,(H,33,37);6-15,24,31H,1-5H3,(H,29,34). The number of rotatable bonds is 14. The largest absolute Gasteiger partial charge is 0.534 e. The van der Waals surface area contributed by atoms with Crippen molar-refractivity contribution in [3.63, 3.8) is 0 Å². The SMILES string of the molecule is COc1ccc(C(c2cccc(NC(=O)OC(C)(C)C)c2)N2C(=O)c3cccc(O)c3C2=O)cc1OC.COc1ccc(C(c2cccc(NC(=O)OC(C)(C)C)c2)N2C(=O)c3cccc(OS(=O)(=O)C(F)(F)F)c3C2=O)cc1OC. The second-order valence-electron chi connectivity index (χ2n) is 19.9. The van der Waals surface area contributed by atoms with Crippen molar-refractivity contribution in [2.75, 3.05) is 39.1 Å². The summed E-state index contributed by atoms with van der Waals surface area (Å²) in [4.78, 5) is 81.3. The maximum atomic E-state index is 13.9. The van der Waals surface area contributed by atoms with Crippen LogP contribution in [0, 0.1) is 0 Å². The molecular formula is C57H55F3N4O16S. The second-order valence-corrected chi connectivity index (χ2v) is 21.4. The van der Waals surface area contributed by atoms with Crippen LogP contribution in [-0.4, -0.2) is 104 Å². The molecule has 2 aliphatic rings. The highest BCUT2D eigenvalue weighted by Gasteiger charge is 2.51. The van der Waals surface area contributed by atoms with Gasteiger partial charge in [0.1, 0.15) is 17.0 Å². The quantitative estimate of drug-likeness (QED) is 0.0521. The van der Waals surface area contributed by atoms with Crippen molar-refractivity contribution in [2.24, 2.45) is 0 Å². The van der Waals surface area contributed by atoms with E-state index in [-0.39, 0.29) is 39.4 Å².